The van der Waals surface area contributed by atoms with Crippen LogP contribution in [-0.4, -0.2) is 46.5 Å². The molecule has 1 saturated heterocycles. The Labute approximate surface area is 189 Å². The molecule has 1 aliphatic heterocycles. The molecule has 0 radical (unpaired) electrons. The van der Waals surface area contributed by atoms with E-state index in [-0.39, 0.29) is 29.8 Å². The van der Waals surface area contributed by atoms with Crippen molar-refractivity contribution in [3.05, 3.63) is 46.0 Å². The van der Waals surface area contributed by atoms with Gasteiger partial charge < -0.3 is 15.5 Å². The molecule has 1 fully saturated rings. The van der Waals surface area contributed by atoms with Crippen molar-refractivity contribution >= 4 is 44.3 Å². The number of carbonyl (C=O) groups excluding carboxylic acids is 2. The monoisotopic (exact) mass is 454 g/mol. The second-order valence-corrected chi connectivity index (χ2v) is 9.05. The molecule has 9 nitrogen and oxygen atoms in total. The molecule has 10 heteroatoms. The first-order valence-corrected chi connectivity index (χ1v) is 11.4. The third-order valence-electron chi connectivity index (χ3n) is 5.73. The molecule has 0 spiro atoms. The molecular weight excluding hydrogens is 428 g/mol. The molecule has 2 aromatic heterocycles. The van der Waals surface area contributed by atoms with Gasteiger partial charge in [0.1, 0.15) is 17.6 Å². The first-order chi connectivity index (χ1) is 15.4. The van der Waals surface area contributed by atoms with Crippen LogP contribution in [0.25, 0.3) is 10.3 Å². The number of amides is 2. The van der Waals surface area contributed by atoms with E-state index in [4.69, 9.17) is 0 Å². The molecule has 3 aromatic rings. The van der Waals surface area contributed by atoms with Gasteiger partial charge in [-0.15, -0.1) is 0 Å². The maximum Gasteiger partial charge on any atom is 0.273 e. The van der Waals surface area contributed by atoms with Crippen LogP contribution in [0, 0.1) is 19.8 Å². The Balaban J connectivity index is 1.48. The number of nitrogens with zero attached hydrogens (tertiary/aromatic N) is 4. The van der Waals surface area contributed by atoms with Crippen LogP contribution in [0.3, 0.4) is 0 Å². The number of anilines is 2. The predicted molar refractivity (Wildman–Crippen MR) is 125 cm³/mol. The Morgan fingerprint density at radius 3 is 2.66 bits per heavy atom. The second kappa shape index (κ2) is 9.07. The van der Waals surface area contributed by atoms with Crippen molar-refractivity contribution in [1.82, 2.24) is 19.9 Å². The molecular formula is C22H26N6O3S. The van der Waals surface area contributed by atoms with Gasteiger partial charge in [-0.05, 0) is 38.3 Å². The first kappa shape index (κ1) is 21.9. The number of thiazole rings is 1. The van der Waals surface area contributed by atoms with Gasteiger partial charge in [0.05, 0.1) is 0 Å². The molecule has 2 N–H and O–H groups in total. The van der Waals surface area contributed by atoms with Gasteiger partial charge in [0, 0.05) is 31.7 Å². The number of fused-ring (bicyclic) bond motifs is 1. The summed E-state index contributed by atoms with van der Waals surface area (Å²) in [6, 6.07) is 5.78. The maximum absolute atomic E-state index is 12.9. The van der Waals surface area contributed by atoms with Crippen LogP contribution >= 0.6 is 11.3 Å². The van der Waals surface area contributed by atoms with Crippen LogP contribution in [0.4, 0.5) is 10.8 Å². The fourth-order valence-electron chi connectivity index (χ4n) is 3.92. The van der Waals surface area contributed by atoms with Crippen molar-refractivity contribution in [1.29, 1.82) is 0 Å². The van der Waals surface area contributed by atoms with Gasteiger partial charge in [-0.2, -0.15) is 4.98 Å². The lowest BCUT2D eigenvalue weighted by molar-refractivity contribution is -0.125. The summed E-state index contributed by atoms with van der Waals surface area (Å²) in [5.41, 5.74) is 2.91. The van der Waals surface area contributed by atoms with E-state index < -0.39 is 0 Å². The number of piperidine rings is 1. The summed E-state index contributed by atoms with van der Waals surface area (Å²) >= 11 is 1.28. The van der Waals surface area contributed by atoms with Crippen molar-refractivity contribution in [3.63, 3.8) is 0 Å². The summed E-state index contributed by atoms with van der Waals surface area (Å²) in [6.07, 6.45) is 2.85. The molecule has 1 aromatic carbocycles. The number of aryl methyl sites for hydroxylation is 2. The Morgan fingerprint density at radius 2 is 1.97 bits per heavy atom. The second-order valence-electron chi connectivity index (χ2n) is 8.07. The number of benzene rings is 1. The van der Waals surface area contributed by atoms with Crippen molar-refractivity contribution in [2.45, 2.75) is 33.2 Å². The zero-order valence-electron chi connectivity index (χ0n) is 18.3. The largest absolute Gasteiger partial charge is 0.359 e. The van der Waals surface area contributed by atoms with E-state index in [1.165, 1.54) is 22.2 Å². The van der Waals surface area contributed by atoms with Gasteiger partial charge in [0.2, 0.25) is 11.8 Å². The van der Waals surface area contributed by atoms with E-state index in [1.807, 2.05) is 32.0 Å². The Kier molecular flexibility index (Phi) is 6.22. The van der Waals surface area contributed by atoms with E-state index in [9.17, 15) is 14.4 Å². The minimum absolute atomic E-state index is 0.0108. The van der Waals surface area contributed by atoms with Gasteiger partial charge in [-0.25, -0.2) is 4.98 Å². The smallest absolute Gasteiger partial charge is 0.273 e. The predicted octanol–water partition coefficient (Wildman–Crippen LogP) is 2.07. The average Bonchev–Trinajstić information content (AvgIpc) is 3.22. The number of hydrogen-bond acceptors (Lipinski definition) is 7. The zero-order valence-corrected chi connectivity index (χ0v) is 19.2. The third-order valence-corrected chi connectivity index (χ3v) is 6.82. The number of nitrogens with one attached hydrogen (secondary N) is 2. The van der Waals surface area contributed by atoms with Gasteiger partial charge in [-0.1, -0.05) is 29.0 Å². The number of hydrogen-bond donors (Lipinski definition) is 2. The minimum Gasteiger partial charge on any atom is -0.359 e. The molecule has 0 unspecified atom stereocenters. The quantitative estimate of drug-likeness (QED) is 0.611. The van der Waals surface area contributed by atoms with Crippen LogP contribution < -0.4 is 21.1 Å². The highest BCUT2D eigenvalue weighted by Gasteiger charge is 2.26. The lowest BCUT2D eigenvalue weighted by Crippen LogP contribution is -2.39. The summed E-state index contributed by atoms with van der Waals surface area (Å²) in [6.45, 7) is 5.19. The topological polar surface area (TPSA) is 109 Å². The van der Waals surface area contributed by atoms with Gasteiger partial charge in [0.15, 0.2) is 10.8 Å². The van der Waals surface area contributed by atoms with E-state index in [0.717, 1.165) is 34.8 Å². The van der Waals surface area contributed by atoms with E-state index >= 15 is 0 Å². The summed E-state index contributed by atoms with van der Waals surface area (Å²) in [5, 5.41) is 6.28. The van der Waals surface area contributed by atoms with E-state index in [2.05, 4.69) is 25.5 Å². The van der Waals surface area contributed by atoms with Gasteiger partial charge in [-0.3, -0.25) is 19.0 Å². The molecule has 3 heterocycles. The molecule has 0 saturated carbocycles. The third kappa shape index (κ3) is 4.50. The summed E-state index contributed by atoms with van der Waals surface area (Å²) in [7, 11) is 1.65. The molecule has 0 aliphatic carbocycles. The highest BCUT2D eigenvalue weighted by Crippen LogP contribution is 2.29. The van der Waals surface area contributed by atoms with Crippen molar-refractivity contribution < 1.29 is 9.59 Å². The van der Waals surface area contributed by atoms with E-state index in [1.54, 1.807) is 7.05 Å². The summed E-state index contributed by atoms with van der Waals surface area (Å²) in [4.78, 5) is 48.2. The number of aromatic nitrogens is 3. The average molecular weight is 455 g/mol. The minimum atomic E-state index is -0.291. The maximum atomic E-state index is 12.9. The Bertz CT molecular complexity index is 1230. The molecule has 0 atom stereocenters. The molecule has 1 aliphatic rings. The molecule has 4 rings (SSSR count). The summed E-state index contributed by atoms with van der Waals surface area (Å²) in [5.74, 6) is -0.213. The van der Waals surface area contributed by atoms with Crippen LogP contribution in [0.15, 0.2) is 29.3 Å². The number of carbonyl (C=O) groups is 2. The molecule has 2 amide bonds. The van der Waals surface area contributed by atoms with Crippen LogP contribution in [0.1, 0.15) is 24.0 Å². The zero-order chi connectivity index (χ0) is 22.8. The van der Waals surface area contributed by atoms with Crippen molar-refractivity contribution in [2.24, 2.45) is 5.92 Å². The van der Waals surface area contributed by atoms with Crippen molar-refractivity contribution in [3.8, 4) is 0 Å². The molecule has 168 valence electrons. The normalized spacial score (nSPS) is 14.5. The SMILES string of the molecule is CNC(=O)C1CCN(c2nc3ncn(CC(=O)Nc4ccc(C)cc4C)c(=O)c3s2)CC1. The number of rotatable bonds is 5. The molecule has 32 heavy (non-hydrogen) atoms. The fraction of sp³-hybridized carbons (Fsp3) is 0.409. The van der Waals surface area contributed by atoms with Gasteiger partial charge in [0.25, 0.3) is 5.56 Å². The van der Waals surface area contributed by atoms with E-state index in [0.29, 0.717) is 23.4 Å². The lowest BCUT2D eigenvalue weighted by atomic mass is 9.96. The van der Waals surface area contributed by atoms with Crippen LogP contribution in [-0.2, 0) is 16.1 Å². The van der Waals surface area contributed by atoms with Crippen LogP contribution in [0.5, 0.6) is 0 Å². The highest BCUT2D eigenvalue weighted by molar-refractivity contribution is 7.22. The van der Waals surface area contributed by atoms with Crippen LogP contribution in [0.2, 0.25) is 0 Å². The Morgan fingerprint density at radius 1 is 1.22 bits per heavy atom. The molecule has 0 bridgehead atoms. The highest BCUT2D eigenvalue weighted by atomic mass is 32.1. The first-order valence-electron chi connectivity index (χ1n) is 10.6. The van der Waals surface area contributed by atoms with Gasteiger partial charge >= 0.3 is 0 Å². The standard InChI is InChI=1S/C22H26N6O3S/c1-13-4-5-16(14(2)10-13)25-17(29)11-28-12-24-19-18(21(28)31)32-22(26-19)27-8-6-15(7-9-27)20(30)23-3/h4-5,10,12,15H,6-9,11H2,1-3H3,(H,23,30)(H,25,29). The van der Waals surface area contributed by atoms with Crippen molar-refractivity contribution in [2.75, 3.05) is 30.4 Å². The summed E-state index contributed by atoms with van der Waals surface area (Å²) < 4.78 is 1.73. The fourth-order valence-corrected chi connectivity index (χ4v) is 4.94. The Hall–Kier alpha value is -3.27. The lowest BCUT2D eigenvalue weighted by Gasteiger charge is -2.30.